The highest BCUT2D eigenvalue weighted by Crippen LogP contribution is 2.17. The van der Waals surface area contributed by atoms with Crippen molar-refractivity contribution in [2.75, 3.05) is 39.5 Å². The molecule has 4 heteroatoms. The van der Waals surface area contributed by atoms with E-state index in [2.05, 4.69) is 11.0 Å². The Morgan fingerprint density at radius 1 is 1.24 bits per heavy atom. The molecule has 1 aromatic rings. The van der Waals surface area contributed by atoms with E-state index in [4.69, 9.17) is 9.47 Å². The molecule has 0 saturated carbocycles. The Balaban J connectivity index is 1.87. The van der Waals surface area contributed by atoms with E-state index in [1.807, 2.05) is 26.8 Å². The van der Waals surface area contributed by atoms with Gasteiger partial charge in [-0.25, -0.2) is 4.79 Å². The smallest absolute Gasteiger partial charge is 0.338 e. The molecule has 0 unspecified atom stereocenters. The predicted molar refractivity (Wildman–Crippen MR) is 82.8 cm³/mol. The topological polar surface area (TPSA) is 38.8 Å². The van der Waals surface area contributed by atoms with Crippen LogP contribution in [-0.4, -0.2) is 50.3 Å². The fourth-order valence-corrected chi connectivity index (χ4v) is 2.62. The number of nitrogens with zero attached hydrogens (tertiary/aromatic N) is 1. The Labute approximate surface area is 127 Å². The van der Waals surface area contributed by atoms with Crippen molar-refractivity contribution in [3.63, 3.8) is 0 Å². The monoisotopic (exact) mass is 291 g/mol. The Morgan fingerprint density at radius 2 is 2.05 bits per heavy atom. The minimum atomic E-state index is -0.217. The zero-order valence-corrected chi connectivity index (χ0v) is 13.3. The summed E-state index contributed by atoms with van der Waals surface area (Å²) in [5.41, 5.74) is 3.92. The zero-order chi connectivity index (χ0) is 15.2. The molecular weight excluding hydrogens is 266 g/mol. The van der Waals surface area contributed by atoms with Crippen molar-refractivity contribution in [2.24, 2.45) is 0 Å². The van der Waals surface area contributed by atoms with Crippen LogP contribution in [0.15, 0.2) is 12.1 Å². The molecule has 1 saturated heterocycles. The van der Waals surface area contributed by atoms with Crippen LogP contribution in [0.3, 0.4) is 0 Å². The van der Waals surface area contributed by atoms with Gasteiger partial charge in [-0.1, -0.05) is 6.07 Å². The van der Waals surface area contributed by atoms with Crippen LogP contribution in [0.25, 0.3) is 0 Å². The van der Waals surface area contributed by atoms with E-state index < -0.39 is 0 Å². The van der Waals surface area contributed by atoms with Gasteiger partial charge in [0.05, 0.1) is 12.2 Å². The summed E-state index contributed by atoms with van der Waals surface area (Å²) >= 11 is 0. The maximum absolute atomic E-state index is 12.2. The lowest BCUT2D eigenvalue weighted by Gasteiger charge is -2.19. The average Bonchev–Trinajstić information content (AvgIpc) is 2.71. The van der Waals surface area contributed by atoms with Crippen molar-refractivity contribution in [3.8, 4) is 0 Å². The molecule has 21 heavy (non-hydrogen) atoms. The van der Waals surface area contributed by atoms with Gasteiger partial charge < -0.3 is 9.47 Å². The van der Waals surface area contributed by atoms with Crippen molar-refractivity contribution < 1.29 is 14.3 Å². The number of hydrogen-bond donors (Lipinski definition) is 0. The summed E-state index contributed by atoms with van der Waals surface area (Å²) in [6.45, 7) is 10.7. The molecule has 1 aliphatic heterocycles. The molecule has 0 N–H and O–H groups in total. The van der Waals surface area contributed by atoms with Crippen LogP contribution in [-0.2, 0) is 9.47 Å². The summed E-state index contributed by atoms with van der Waals surface area (Å²) in [6, 6.07) is 3.99. The quantitative estimate of drug-likeness (QED) is 0.799. The largest absolute Gasteiger partial charge is 0.461 e. The normalized spacial score (nSPS) is 16.5. The summed E-state index contributed by atoms with van der Waals surface area (Å²) in [5.74, 6) is -0.217. The molecule has 0 bridgehead atoms. The second kappa shape index (κ2) is 7.57. The van der Waals surface area contributed by atoms with E-state index in [0.29, 0.717) is 12.2 Å². The number of rotatable bonds is 4. The van der Waals surface area contributed by atoms with Gasteiger partial charge in [0.1, 0.15) is 6.61 Å². The Bertz CT molecular complexity index is 491. The molecular formula is C17H25NO3. The van der Waals surface area contributed by atoms with E-state index in [-0.39, 0.29) is 5.97 Å². The minimum absolute atomic E-state index is 0.217. The highest BCUT2D eigenvalue weighted by Gasteiger charge is 2.14. The first-order chi connectivity index (χ1) is 10.1. The van der Waals surface area contributed by atoms with E-state index in [1.54, 1.807) is 0 Å². The van der Waals surface area contributed by atoms with Crippen molar-refractivity contribution in [1.82, 2.24) is 4.90 Å². The maximum atomic E-state index is 12.2. The number of ether oxygens (including phenoxy) is 2. The Hall–Kier alpha value is -1.39. The molecule has 1 heterocycles. The lowest BCUT2D eigenvalue weighted by Crippen LogP contribution is -2.30. The van der Waals surface area contributed by atoms with Crippen LogP contribution in [0.2, 0.25) is 0 Å². The van der Waals surface area contributed by atoms with Gasteiger partial charge in [0.25, 0.3) is 0 Å². The summed E-state index contributed by atoms with van der Waals surface area (Å²) in [6.07, 6.45) is 1.05. The van der Waals surface area contributed by atoms with Crippen LogP contribution in [0.1, 0.15) is 33.5 Å². The number of hydrogen-bond acceptors (Lipinski definition) is 4. The molecule has 2 rings (SSSR count). The molecule has 0 atom stereocenters. The van der Waals surface area contributed by atoms with Gasteiger partial charge in [-0.3, -0.25) is 4.90 Å². The van der Waals surface area contributed by atoms with Gasteiger partial charge in [-0.15, -0.1) is 0 Å². The highest BCUT2D eigenvalue weighted by atomic mass is 16.5. The minimum Gasteiger partial charge on any atom is -0.461 e. The van der Waals surface area contributed by atoms with E-state index in [9.17, 15) is 4.79 Å². The van der Waals surface area contributed by atoms with Crippen molar-refractivity contribution >= 4 is 5.97 Å². The lowest BCUT2D eigenvalue weighted by atomic mass is 10.0. The molecule has 0 amide bonds. The Kier molecular flexibility index (Phi) is 5.76. The molecule has 0 aromatic heterocycles. The number of carbonyl (C=O) groups is 1. The molecule has 116 valence electrons. The van der Waals surface area contributed by atoms with Gasteiger partial charge in [-0.05, 0) is 49.9 Å². The summed E-state index contributed by atoms with van der Waals surface area (Å²) < 4.78 is 10.9. The zero-order valence-electron chi connectivity index (χ0n) is 13.3. The third-order valence-electron chi connectivity index (χ3n) is 3.99. The van der Waals surface area contributed by atoms with Gasteiger partial charge in [0.15, 0.2) is 0 Å². The predicted octanol–water partition coefficient (Wildman–Crippen LogP) is 2.49. The van der Waals surface area contributed by atoms with Crippen molar-refractivity contribution in [3.05, 3.63) is 34.4 Å². The summed E-state index contributed by atoms with van der Waals surface area (Å²) in [5, 5.41) is 0. The maximum Gasteiger partial charge on any atom is 0.338 e. The van der Waals surface area contributed by atoms with Crippen LogP contribution in [0, 0.1) is 20.8 Å². The van der Waals surface area contributed by atoms with E-state index in [1.165, 1.54) is 0 Å². The lowest BCUT2D eigenvalue weighted by molar-refractivity contribution is 0.0459. The number of aryl methyl sites for hydroxylation is 2. The molecule has 1 fully saturated rings. The molecule has 1 aromatic carbocycles. The first-order valence-corrected chi connectivity index (χ1v) is 7.63. The standard InChI is InChI=1S/C17H25NO3/c1-13-11-14(2)15(3)16(12-13)17(19)21-10-7-18-5-4-8-20-9-6-18/h11-12H,4-10H2,1-3H3. The fraction of sp³-hybridized carbons (Fsp3) is 0.588. The third kappa shape index (κ3) is 4.55. The van der Waals surface area contributed by atoms with Crippen LogP contribution < -0.4 is 0 Å². The number of esters is 1. The second-order valence-corrected chi connectivity index (χ2v) is 5.70. The second-order valence-electron chi connectivity index (χ2n) is 5.70. The van der Waals surface area contributed by atoms with Crippen molar-refractivity contribution in [2.45, 2.75) is 27.2 Å². The SMILES string of the molecule is Cc1cc(C)c(C)c(C(=O)OCCN2CCCOCC2)c1. The average molecular weight is 291 g/mol. The van der Waals surface area contributed by atoms with E-state index >= 15 is 0 Å². The highest BCUT2D eigenvalue weighted by molar-refractivity contribution is 5.91. The van der Waals surface area contributed by atoms with Gasteiger partial charge in [-0.2, -0.15) is 0 Å². The summed E-state index contributed by atoms with van der Waals surface area (Å²) in [7, 11) is 0. The van der Waals surface area contributed by atoms with Crippen LogP contribution in [0.4, 0.5) is 0 Å². The third-order valence-corrected chi connectivity index (χ3v) is 3.99. The molecule has 1 aliphatic rings. The molecule has 0 radical (unpaired) electrons. The van der Waals surface area contributed by atoms with Gasteiger partial charge in [0.2, 0.25) is 0 Å². The van der Waals surface area contributed by atoms with E-state index in [0.717, 1.165) is 56.0 Å². The first-order valence-electron chi connectivity index (χ1n) is 7.63. The summed E-state index contributed by atoms with van der Waals surface area (Å²) in [4.78, 5) is 14.5. The van der Waals surface area contributed by atoms with Crippen molar-refractivity contribution in [1.29, 1.82) is 0 Å². The van der Waals surface area contributed by atoms with Crippen LogP contribution >= 0.6 is 0 Å². The fourth-order valence-electron chi connectivity index (χ4n) is 2.62. The van der Waals surface area contributed by atoms with Gasteiger partial charge >= 0.3 is 5.97 Å². The first kappa shape index (κ1) is 16.0. The Morgan fingerprint density at radius 3 is 2.86 bits per heavy atom. The number of benzene rings is 1. The molecule has 0 aliphatic carbocycles. The van der Waals surface area contributed by atoms with Crippen LogP contribution in [0.5, 0.6) is 0 Å². The van der Waals surface area contributed by atoms with Gasteiger partial charge in [0, 0.05) is 26.2 Å². The molecule has 4 nitrogen and oxygen atoms in total. The molecule has 0 spiro atoms. The number of carbonyl (C=O) groups excluding carboxylic acids is 1.